The fourth-order valence-corrected chi connectivity index (χ4v) is 1.71. The minimum absolute atomic E-state index is 0.154. The summed E-state index contributed by atoms with van der Waals surface area (Å²) in [7, 11) is 0. The third kappa shape index (κ3) is 4.34. The van der Waals surface area contributed by atoms with Gasteiger partial charge in [0, 0.05) is 12.3 Å². The van der Waals surface area contributed by atoms with E-state index in [-0.39, 0.29) is 11.4 Å². The first-order valence-corrected chi connectivity index (χ1v) is 6.90. The van der Waals surface area contributed by atoms with E-state index in [2.05, 4.69) is 20.8 Å². The lowest BCUT2D eigenvalue weighted by atomic mass is 9.82. The first-order valence-electron chi connectivity index (χ1n) is 6.37. The molecule has 0 unspecified atom stereocenters. The molecule has 0 atom stereocenters. The molecule has 0 aliphatic rings. The molecular formula is C15H21ClO2. The average Bonchev–Trinajstić information content (AvgIpc) is 2.37. The van der Waals surface area contributed by atoms with Crippen LogP contribution in [0.4, 0.5) is 0 Å². The number of hydrogen-bond acceptors (Lipinski definition) is 2. The van der Waals surface area contributed by atoms with Crippen LogP contribution in [0.3, 0.4) is 0 Å². The highest BCUT2D eigenvalue weighted by molar-refractivity contribution is 6.17. The quantitative estimate of drug-likeness (QED) is 0.437. The van der Waals surface area contributed by atoms with Gasteiger partial charge in [-0.3, -0.25) is 4.79 Å². The molecule has 0 fully saturated rings. The number of rotatable bonds is 6. The molecule has 0 saturated heterocycles. The van der Waals surface area contributed by atoms with Gasteiger partial charge in [0.15, 0.2) is 0 Å². The predicted octanol–water partition coefficient (Wildman–Crippen LogP) is 4.30. The lowest BCUT2D eigenvalue weighted by Crippen LogP contribution is -2.15. The van der Waals surface area contributed by atoms with Gasteiger partial charge in [0.25, 0.3) is 0 Å². The maximum absolute atomic E-state index is 11.4. The van der Waals surface area contributed by atoms with E-state index >= 15 is 0 Å². The average molecular weight is 269 g/mol. The standard InChI is InChI=1S/C15H21ClO2/c1-4-15(2,3)12-7-9-13(10-8-12)18-14(17)6-5-11-16/h7-10H,4-6,11H2,1-3H3. The second kappa shape index (κ2) is 6.79. The van der Waals surface area contributed by atoms with Crippen LogP contribution in [0.25, 0.3) is 0 Å². The van der Waals surface area contributed by atoms with Gasteiger partial charge in [0.2, 0.25) is 0 Å². The molecule has 0 aliphatic heterocycles. The van der Waals surface area contributed by atoms with Crippen LogP contribution in [0.5, 0.6) is 5.75 Å². The van der Waals surface area contributed by atoms with Crippen molar-refractivity contribution in [3.05, 3.63) is 29.8 Å². The molecule has 100 valence electrons. The molecule has 1 rings (SSSR count). The van der Waals surface area contributed by atoms with E-state index in [9.17, 15) is 4.79 Å². The van der Waals surface area contributed by atoms with Crippen LogP contribution in [0.15, 0.2) is 24.3 Å². The Balaban J connectivity index is 2.63. The second-order valence-electron chi connectivity index (χ2n) is 5.03. The van der Waals surface area contributed by atoms with Gasteiger partial charge in [-0.15, -0.1) is 11.6 Å². The molecule has 0 heterocycles. The molecule has 0 bridgehead atoms. The summed E-state index contributed by atoms with van der Waals surface area (Å²) in [6, 6.07) is 7.75. The van der Waals surface area contributed by atoms with E-state index in [4.69, 9.17) is 16.3 Å². The summed E-state index contributed by atoms with van der Waals surface area (Å²) < 4.78 is 5.22. The highest BCUT2D eigenvalue weighted by Crippen LogP contribution is 2.28. The van der Waals surface area contributed by atoms with E-state index in [1.54, 1.807) is 0 Å². The van der Waals surface area contributed by atoms with Crippen LogP contribution < -0.4 is 4.74 Å². The summed E-state index contributed by atoms with van der Waals surface area (Å²) in [6.45, 7) is 6.57. The van der Waals surface area contributed by atoms with Crippen molar-refractivity contribution in [2.24, 2.45) is 0 Å². The molecular weight excluding hydrogens is 248 g/mol. The summed E-state index contributed by atoms with van der Waals surface area (Å²) in [5.74, 6) is 0.863. The molecule has 0 radical (unpaired) electrons. The molecule has 1 aromatic rings. The van der Waals surface area contributed by atoms with Crippen molar-refractivity contribution in [1.29, 1.82) is 0 Å². The first kappa shape index (κ1) is 15.0. The maximum Gasteiger partial charge on any atom is 0.311 e. The minimum Gasteiger partial charge on any atom is -0.427 e. The van der Waals surface area contributed by atoms with Gasteiger partial charge in [-0.05, 0) is 36.0 Å². The lowest BCUT2D eigenvalue weighted by molar-refractivity contribution is -0.134. The molecule has 3 heteroatoms. The van der Waals surface area contributed by atoms with Crippen molar-refractivity contribution >= 4 is 17.6 Å². The Kier molecular flexibility index (Phi) is 5.67. The molecule has 0 saturated carbocycles. The summed E-state index contributed by atoms with van der Waals surface area (Å²) in [6.07, 6.45) is 2.09. The van der Waals surface area contributed by atoms with Crippen LogP contribution in [0, 0.1) is 0 Å². The summed E-state index contributed by atoms with van der Waals surface area (Å²) >= 11 is 5.53. The Hall–Kier alpha value is -1.02. The van der Waals surface area contributed by atoms with Crippen LogP contribution in [0.2, 0.25) is 0 Å². The Morgan fingerprint density at radius 2 is 1.89 bits per heavy atom. The first-order chi connectivity index (χ1) is 8.49. The molecule has 1 aromatic carbocycles. The Morgan fingerprint density at radius 1 is 1.28 bits per heavy atom. The van der Waals surface area contributed by atoms with Gasteiger partial charge in [0.1, 0.15) is 5.75 Å². The maximum atomic E-state index is 11.4. The number of hydrogen-bond donors (Lipinski definition) is 0. The van der Waals surface area contributed by atoms with Crippen LogP contribution >= 0.6 is 11.6 Å². The number of alkyl halides is 1. The van der Waals surface area contributed by atoms with Crippen LogP contribution in [-0.2, 0) is 10.2 Å². The van der Waals surface area contributed by atoms with Gasteiger partial charge >= 0.3 is 5.97 Å². The molecule has 0 aliphatic carbocycles. The molecule has 18 heavy (non-hydrogen) atoms. The number of halogens is 1. The highest BCUT2D eigenvalue weighted by atomic mass is 35.5. The smallest absolute Gasteiger partial charge is 0.311 e. The second-order valence-corrected chi connectivity index (χ2v) is 5.41. The monoisotopic (exact) mass is 268 g/mol. The fourth-order valence-electron chi connectivity index (χ4n) is 1.57. The third-order valence-corrected chi connectivity index (χ3v) is 3.53. The van der Waals surface area contributed by atoms with Crippen molar-refractivity contribution in [3.8, 4) is 5.75 Å². The number of esters is 1. The zero-order valence-corrected chi connectivity index (χ0v) is 12.1. The van der Waals surface area contributed by atoms with Crippen molar-refractivity contribution in [3.63, 3.8) is 0 Å². The fraction of sp³-hybridized carbons (Fsp3) is 0.533. The van der Waals surface area contributed by atoms with E-state index < -0.39 is 0 Å². The number of benzene rings is 1. The van der Waals surface area contributed by atoms with E-state index in [0.29, 0.717) is 24.5 Å². The Labute approximate surface area is 114 Å². The minimum atomic E-state index is -0.224. The van der Waals surface area contributed by atoms with E-state index in [0.717, 1.165) is 6.42 Å². The highest BCUT2D eigenvalue weighted by Gasteiger charge is 2.17. The van der Waals surface area contributed by atoms with E-state index in [1.807, 2.05) is 24.3 Å². The third-order valence-electron chi connectivity index (χ3n) is 3.27. The van der Waals surface area contributed by atoms with Crippen LogP contribution in [-0.4, -0.2) is 11.8 Å². The Bertz CT molecular complexity index is 382. The summed E-state index contributed by atoms with van der Waals surface area (Å²) in [5.41, 5.74) is 1.41. The molecule has 0 N–H and O–H groups in total. The van der Waals surface area contributed by atoms with Gasteiger partial charge < -0.3 is 4.74 Å². The Morgan fingerprint density at radius 3 is 2.39 bits per heavy atom. The van der Waals surface area contributed by atoms with Gasteiger partial charge in [-0.25, -0.2) is 0 Å². The van der Waals surface area contributed by atoms with Crippen molar-refractivity contribution < 1.29 is 9.53 Å². The topological polar surface area (TPSA) is 26.3 Å². The molecule has 0 amide bonds. The zero-order valence-electron chi connectivity index (χ0n) is 11.3. The summed E-state index contributed by atoms with van der Waals surface area (Å²) in [4.78, 5) is 11.4. The molecule has 2 nitrogen and oxygen atoms in total. The van der Waals surface area contributed by atoms with Crippen molar-refractivity contribution in [2.45, 2.75) is 45.4 Å². The number of carbonyl (C=O) groups excluding carboxylic acids is 1. The van der Waals surface area contributed by atoms with Gasteiger partial charge in [-0.2, -0.15) is 0 Å². The largest absolute Gasteiger partial charge is 0.427 e. The number of ether oxygens (including phenoxy) is 1. The summed E-state index contributed by atoms with van der Waals surface area (Å²) in [5, 5.41) is 0. The zero-order chi connectivity index (χ0) is 13.6. The predicted molar refractivity (Wildman–Crippen MR) is 75.3 cm³/mol. The number of carbonyl (C=O) groups is 1. The van der Waals surface area contributed by atoms with E-state index in [1.165, 1.54) is 5.56 Å². The molecule has 0 spiro atoms. The van der Waals surface area contributed by atoms with Crippen molar-refractivity contribution in [1.82, 2.24) is 0 Å². The normalized spacial score (nSPS) is 11.3. The van der Waals surface area contributed by atoms with Crippen LogP contribution in [0.1, 0.15) is 45.6 Å². The SMILES string of the molecule is CCC(C)(C)c1ccc(OC(=O)CCCCl)cc1. The van der Waals surface area contributed by atoms with Crippen molar-refractivity contribution in [2.75, 3.05) is 5.88 Å². The molecule has 0 aromatic heterocycles. The van der Waals surface area contributed by atoms with Gasteiger partial charge in [-0.1, -0.05) is 32.9 Å². The van der Waals surface area contributed by atoms with Gasteiger partial charge in [0.05, 0.1) is 0 Å². The lowest BCUT2D eigenvalue weighted by Gasteiger charge is -2.23.